The zero-order chi connectivity index (χ0) is 12.4. The minimum Gasteiger partial charge on any atom is -0.481 e. The van der Waals surface area contributed by atoms with Crippen LogP contribution in [-0.2, 0) is 9.59 Å². The number of hydrogen-bond donors (Lipinski definition) is 2. The van der Waals surface area contributed by atoms with Gasteiger partial charge in [0.25, 0.3) is 0 Å². The smallest absolute Gasteiger partial charge is 0.307 e. The molecule has 17 heavy (non-hydrogen) atoms. The summed E-state index contributed by atoms with van der Waals surface area (Å²) in [6.07, 6.45) is 2.74. The van der Waals surface area contributed by atoms with Crippen molar-refractivity contribution in [2.45, 2.75) is 19.3 Å². The molecule has 1 aliphatic carbocycles. The van der Waals surface area contributed by atoms with E-state index in [9.17, 15) is 9.59 Å². The fourth-order valence-electron chi connectivity index (χ4n) is 2.40. The minimum atomic E-state index is -0.843. The Morgan fingerprint density at radius 3 is 2.47 bits per heavy atom. The number of piperidine rings is 1. The number of hydrogen-bond acceptors (Lipinski definition) is 3. The molecule has 2 aliphatic rings. The highest BCUT2D eigenvalue weighted by atomic mass is 16.4. The Bertz CT molecular complexity index is 311. The number of carbonyl (C=O) groups excluding carboxylic acids is 1. The van der Waals surface area contributed by atoms with E-state index in [-0.39, 0.29) is 11.8 Å². The van der Waals surface area contributed by atoms with Crippen molar-refractivity contribution in [2.75, 3.05) is 26.7 Å². The van der Waals surface area contributed by atoms with Gasteiger partial charge in [-0.15, -0.1) is 0 Å². The van der Waals surface area contributed by atoms with Gasteiger partial charge in [0.1, 0.15) is 0 Å². The Kier molecular flexibility index (Phi) is 3.66. The molecule has 1 aliphatic heterocycles. The standard InChI is InChI=1S/C12H20N2O3/c1-14-4-2-8(3-5-14)7-13-11(15)9-6-10(9)12(16)17/h8-10H,2-7H2,1H3,(H,13,15)(H,16,17). The second kappa shape index (κ2) is 5.04. The Hall–Kier alpha value is -1.10. The molecule has 0 spiro atoms. The molecule has 2 N–H and O–H groups in total. The van der Waals surface area contributed by atoms with Gasteiger partial charge in [0, 0.05) is 6.54 Å². The van der Waals surface area contributed by atoms with Crippen molar-refractivity contribution in [3.05, 3.63) is 0 Å². The summed E-state index contributed by atoms with van der Waals surface area (Å²) in [5.41, 5.74) is 0. The maximum Gasteiger partial charge on any atom is 0.307 e. The lowest BCUT2D eigenvalue weighted by molar-refractivity contribution is -0.140. The number of carboxylic acids is 1. The molecule has 0 radical (unpaired) electrons. The van der Waals surface area contributed by atoms with E-state index in [0.717, 1.165) is 25.9 Å². The lowest BCUT2D eigenvalue weighted by Gasteiger charge is -2.28. The van der Waals surface area contributed by atoms with Crippen molar-refractivity contribution in [3.63, 3.8) is 0 Å². The van der Waals surface area contributed by atoms with Crippen LogP contribution in [0.25, 0.3) is 0 Å². The molecule has 1 amide bonds. The number of carbonyl (C=O) groups is 2. The fraction of sp³-hybridized carbons (Fsp3) is 0.833. The molecule has 1 saturated carbocycles. The third-order valence-electron chi connectivity index (χ3n) is 3.85. The molecule has 96 valence electrons. The van der Waals surface area contributed by atoms with E-state index in [4.69, 9.17) is 5.11 Å². The van der Waals surface area contributed by atoms with E-state index in [1.165, 1.54) is 0 Å². The van der Waals surface area contributed by atoms with Crippen LogP contribution in [0.2, 0.25) is 0 Å². The Morgan fingerprint density at radius 2 is 1.94 bits per heavy atom. The van der Waals surface area contributed by atoms with Crippen LogP contribution in [0.3, 0.4) is 0 Å². The first kappa shape index (κ1) is 12.4. The van der Waals surface area contributed by atoms with E-state index in [2.05, 4.69) is 17.3 Å². The summed E-state index contributed by atoms with van der Waals surface area (Å²) in [4.78, 5) is 24.6. The molecule has 5 nitrogen and oxygen atoms in total. The molecule has 5 heteroatoms. The molecule has 2 atom stereocenters. The average molecular weight is 240 g/mol. The molecule has 0 bridgehead atoms. The van der Waals surface area contributed by atoms with E-state index in [1.54, 1.807) is 0 Å². The van der Waals surface area contributed by atoms with Crippen molar-refractivity contribution in [3.8, 4) is 0 Å². The van der Waals surface area contributed by atoms with E-state index < -0.39 is 11.9 Å². The first-order chi connectivity index (χ1) is 8.08. The van der Waals surface area contributed by atoms with Crippen LogP contribution in [-0.4, -0.2) is 48.6 Å². The normalized spacial score (nSPS) is 29.9. The molecule has 1 saturated heterocycles. The summed E-state index contributed by atoms with van der Waals surface area (Å²) < 4.78 is 0. The SMILES string of the molecule is CN1CCC(CNC(=O)C2CC2C(=O)O)CC1. The molecule has 2 fully saturated rings. The number of amides is 1. The van der Waals surface area contributed by atoms with Gasteiger partial charge in [-0.05, 0) is 45.3 Å². The molecular formula is C12H20N2O3. The van der Waals surface area contributed by atoms with Crippen molar-refractivity contribution >= 4 is 11.9 Å². The van der Waals surface area contributed by atoms with Gasteiger partial charge < -0.3 is 15.3 Å². The average Bonchev–Trinajstić information content (AvgIpc) is 3.08. The van der Waals surface area contributed by atoms with Crippen LogP contribution in [0.1, 0.15) is 19.3 Å². The summed E-state index contributed by atoms with van der Waals surface area (Å²) in [6, 6.07) is 0. The number of rotatable bonds is 4. The highest BCUT2D eigenvalue weighted by molar-refractivity contribution is 5.89. The van der Waals surface area contributed by atoms with Crippen LogP contribution in [0.5, 0.6) is 0 Å². The van der Waals surface area contributed by atoms with Gasteiger partial charge in [-0.25, -0.2) is 0 Å². The van der Waals surface area contributed by atoms with Crippen LogP contribution in [0.15, 0.2) is 0 Å². The summed E-state index contributed by atoms with van der Waals surface area (Å²) in [6.45, 7) is 2.87. The summed E-state index contributed by atoms with van der Waals surface area (Å²) >= 11 is 0. The van der Waals surface area contributed by atoms with E-state index >= 15 is 0 Å². The van der Waals surface area contributed by atoms with Gasteiger partial charge >= 0.3 is 5.97 Å². The Labute approximate surface area is 101 Å². The van der Waals surface area contributed by atoms with E-state index in [1.807, 2.05) is 0 Å². The topological polar surface area (TPSA) is 69.6 Å². The third-order valence-corrected chi connectivity index (χ3v) is 3.85. The molecule has 2 unspecified atom stereocenters. The van der Waals surface area contributed by atoms with Gasteiger partial charge in [0.2, 0.25) is 5.91 Å². The van der Waals surface area contributed by atoms with Crippen LogP contribution in [0, 0.1) is 17.8 Å². The van der Waals surface area contributed by atoms with Crippen molar-refractivity contribution in [2.24, 2.45) is 17.8 Å². The van der Waals surface area contributed by atoms with Gasteiger partial charge in [0.05, 0.1) is 11.8 Å². The quantitative estimate of drug-likeness (QED) is 0.734. The number of aliphatic carboxylic acids is 1. The monoisotopic (exact) mass is 240 g/mol. The zero-order valence-electron chi connectivity index (χ0n) is 10.2. The maximum absolute atomic E-state index is 11.6. The largest absolute Gasteiger partial charge is 0.481 e. The van der Waals surface area contributed by atoms with Crippen LogP contribution in [0.4, 0.5) is 0 Å². The number of carboxylic acid groups (broad SMARTS) is 1. The molecule has 0 aromatic rings. The Morgan fingerprint density at radius 1 is 1.29 bits per heavy atom. The molecule has 1 heterocycles. The zero-order valence-corrected chi connectivity index (χ0v) is 10.2. The second-order valence-electron chi connectivity index (χ2n) is 5.28. The van der Waals surface area contributed by atoms with Crippen LogP contribution < -0.4 is 5.32 Å². The second-order valence-corrected chi connectivity index (χ2v) is 5.28. The number of nitrogens with one attached hydrogen (secondary N) is 1. The number of nitrogens with zero attached hydrogens (tertiary/aromatic N) is 1. The maximum atomic E-state index is 11.6. The van der Waals surface area contributed by atoms with Crippen molar-refractivity contribution in [1.82, 2.24) is 10.2 Å². The third kappa shape index (κ3) is 3.19. The predicted octanol–water partition coefficient (Wildman–Crippen LogP) is 0.165. The minimum absolute atomic E-state index is 0.0728. The number of likely N-dealkylation sites (tertiary alicyclic amines) is 1. The van der Waals surface area contributed by atoms with E-state index in [0.29, 0.717) is 18.9 Å². The first-order valence-electron chi connectivity index (χ1n) is 6.27. The van der Waals surface area contributed by atoms with Gasteiger partial charge in [0.15, 0.2) is 0 Å². The van der Waals surface area contributed by atoms with Crippen molar-refractivity contribution < 1.29 is 14.7 Å². The molecule has 0 aromatic carbocycles. The lowest BCUT2D eigenvalue weighted by Crippen LogP contribution is -2.37. The van der Waals surface area contributed by atoms with Gasteiger partial charge in [-0.2, -0.15) is 0 Å². The summed E-state index contributed by atoms with van der Waals surface area (Å²) in [5.74, 6) is -1.08. The lowest BCUT2D eigenvalue weighted by atomic mass is 9.97. The van der Waals surface area contributed by atoms with Crippen molar-refractivity contribution in [1.29, 1.82) is 0 Å². The summed E-state index contributed by atoms with van der Waals surface area (Å²) in [7, 11) is 2.11. The van der Waals surface area contributed by atoms with Crippen LogP contribution >= 0.6 is 0 Å². The van der Waals surface area contributed by atoms with Gasteiger partial charge in [-0.1, -0.05) is 0 Å². The fourth-order valence-corrected chi connectivity index (χ4v) is 2.40. The molecular weight excluding hydrogens is 220 g/mol. The predicted molar refractivity (Wildman–Crippen MR) is 62.5 cm³/mol. The molecule has 0 aromatic heterocycles. The highest BCUT2D eigenvalue weighted by Gasteiger charge is 2.48. The Balaban J connectivity index is 1.66. The molecule has 2 rings (SSSR count). The first-order valence-corrected chi connectivity index (χ1v) is 6.27. The highest BCUT2D eigenvalue weighted by Crippen LogP contribution is 2.38. The van der Waals surface area contributed by atoms with Gasteiger partial charge in [-0.3, -0.25) is 9.59 Å². The summed E-state index contributed by atoms with van der Waals surface area (Å²) in [5, 5.41) is 11.6.